The number of nitrogens with one attached hydrogen (secondary N) is 2. The Bertz CT molecular complexity index is 638. The number of fused-ring (bicyclic) bond motifs is 1. The van der Waals surface area contributed by atoms with Crippen molar-refractivity contribution in [3.05, 3.63) is 29.8 Å². The first-order chi connectivity index (χ1) is 12.7. The number of piperidine rings is 1. The van der Waals surface area contributed by atoms with Gasteiger partial charge in [0.15, 0.2) is 5.96 Å². The van der Waals surface area contributed by atoms with Crippen molar-refractivity contribution in [1.29, 1.82) is 0 Å². The summed E-state index contributed by atoms with van der Waals surface area (Å²) < 4.78 is 5.75. The Balaban J connectivity index is 1.51. The van der Waals surface area contributed by atoms with Crippen LogP contribution in [0, 0.1) is 5.92 Å². The molecule has 2 aliphatic heterocycles. The third kappa shape index (κ3) is 4.48. The van der Waals surface area contributed by atoms with Crippen LogP contribution in [0.2, 0.25) is 0 Å². The van der Waals surface area contributed by atoms with E-state index in [2.05, 4.69) is 32.7 Å². The van der Waals surface area contributed by atoms with Gasteiger partial charge in [-0.05, 0) is 36.8 Å². The molecule has 0 spiro atoms. The van der Waals surface area contributed by atoms with Crippen molar-refractivity contribution >= 4 is 11.9 Å². The number of hydrogen-bond acceptors (Lipinski definition) is 3. The summed E-state index contributed by atoms with van der Waals surface area (Å²) >= 11 is 0. The molecule has 1 aromatic carbocycles. The molecular weight excluding hydrogens is 328 g/mol. The highest BCUT2D eigenvalue weighted by atomic mass is 16.5. The Morgan fingerprint density at radius 1 is 1.27 bits per heavy atom. The third-order valence-corrected chi connectivity index (χ3v) is 5.47. The largest absolute Gasteiger partial charge is 0.493 e. The zero-order chi connectivity index (χ0) is 18.4. The van der Waals surface area contributed by atoms with Crippen LogP contribution >= 0.6 is 0 Å². The smallest absolute Gasteiger partial charge is 0.220 e. The van der Waals surface area contributed by atoms with E-state index >= 15 is 0 Å². The number of guanidine groups is 1. The van der Waals surface area contributed by atoms with Crippen molar-refractivity contribution in [2.45, 2.75) is 31.6 Å². The fourth-order valence-corrected chi connectivity index (χ4v) is 3.89. The summed E-state index contributed by atoms with van der Waals surface area (Å²) in [5, 5.41) is 6.28. The predicted molar refractivity (Wildman–Crippen MR) is 104 cm³/mol. The number of hydrogen-bond donors (Lipinski definition) is 2. The van der Waals surface area contributed by atoms with Crippen molar-refractivity contribution in [3.8, 4) is 5.75 Å². The molecule has 1 unspecified atom stereocenters. The van der Waals surface area contributed by atoms with Crippen molar-refractivity contribution in [2.24, 2.45) is 10.9 Å². The lowest BCUT2D eigenvalue weighted by Gasteiger charge is -2.35. The fourth-order valence-electron chi connectivity index (χ4n) is 3.89. The molecule has 26 heavy (non-hydrogen) atoms. The summed E-state index contributed by atoms with van der Waals surface area (Å²) in [6.45, 7) is 3.54. The zero-order valence-corrected chi connectivity index (χ0v) is 15.8. The maximum absolute atomic E-state index is 11.6. The Kier molecular flexibility index (Phi) is 6.36. The molecule has 142 valence electrons. The molecule has 1 fully saturated rings. The van der Waals surface area contributed by atoms with E-state index in [0.29, 0.717) is 18.3 Å². The first kappa shape index (κ1) is 18.5. The Hall–Kier alpha value is -2.24. The van der Waals surface area contributed by atoms with E-state index < -0.39 is 0 Å². The second-order valence-electron chi connectivity index (χ2n) is 7.11. The average molecular weight is 358 g/mol. The van der Waals surface area contributed by atoms with E-state index in [1.54, 1.807) is 7.05 Å². The van der Waals surface area contributed by atoms with Gasteiger partial charge in [0.2, 0.25) is 5.91 Å². The molecule has 1 atom stereocenters. The number of para-hydroxylation sites is 1. The predicted octanol–water partition coefficient (Wildman–Crippen LogP) is 1.98. The number of carbonyl (C=O) groups excluding carboxylic acids is 1. The van der Waals surface area contributed by atoms with Gasteiger partial charge >= 0.3 is 0 Å². The van der Waals surface area contributed by atoms with E-state index in [1.165, 1.54) is 5.56 Å². The molecule has 6 heteroatoms. The Morgan fingerprint density at radius 2 is 2.04 bits per heavy atom. The van der Waals surface area contributed by atoms with Gasteiger partial charge in [-0.15, -0.1) is 0 Å². The number of benzene rings is 1. The standard InChI is InChI=1S/C20H30N4O2/c1-21-19(25)13-15-7-10-24(11-8-15)20(22-2)23-14-16-9-12-26-18-6-4-3-5-17(16)18/h3-6,15-16H,7-14H2,1-2H3,(H,21,25)(H,22,23). The van der Waals surface area contributed by atoms with Crippen LogP contribution in [0.15, 0.2) is 29.3 Å². The van der Waals surface area contributed by atoms with Crippen LogP contribution in [-0.4, -0.2) is 57.1 Å². The molecule has 0 bridgehead atoms. The van der Waals surface area contributed by atoms with E-state index in [-0.39, 0.29) is 5.91 Å². The maximum Gasteiger partial charge on any atom is 0.220 e. The van der Waals surface area contributed by atoms with Gasteiger partial charge in [0.1, 0.15) is 5.75 Å². The molecule has 0 aromatic heterocycles. The summed E-state index contributed by atoms with van der Waals surface area (Å²) in [5.74, 6) is 3.04. The van der Waals surface area contributed by atoms with Crippen LogP contribution in [0.5, 0.6) is 5.75 Å². The van der Waals surface area contributed by atoms with Crippen LogP contribution in [0.25, 0.3) is 0 Å². The number of nitrogens with zero attached hydrogens (tertiary/aromatic N) is 2. The lowest BCUT2D eigenvalue weighted by molar-refractivity contribution is -0.121. The van der Waals surface area contributed by atoms with Gasteiger partial charge in [-0.2, -0.15) is 0 Å². The van der Waals surface area contributed by atoms with Crippen LogP contribution in [-0.2, 0) is 4.79 Å². The molecular formula is C20H30N4O2. The number of amides is 1. The summed E-state index contributed by atoms with van der Waals surface area (Å²) in [5.41, 5.74) is 1.28. The number of ether oxygens (including phenoxy) is 1. The van der Waals surface area contributed by atoms with Crippen molar-refractivity contribution < 1.29 is 9.53 Å². The SMILES string of the molecule is CN=C(NCC1CCOc2ccccc21)N1CCC(CC(=O)NC)CC1. The molecule has 0 radical (unpaired) electrons. The third-order valence-electron chi connectivity index (χ3n) is 5.47. The van der Waals surface area contributed by atoms with Crippen LogP contribution in [0.4, 0.5) is 0 Å². The second-order valence-corrected chi connectivity index (χ2v) is 7.11. The lowest BCUT2D eigenvalue weighted by atomic mass is 9.92. The minimum atomic E-state index is 0.143. The summed E-state index contributed by atoms with van der Waals surface area (Å²) in [6, 6.07) is 8.31. The van der Waals surface area contributed by atoms with E-state index in [4.69, 9.17) is 4.74 Å². The van der Waals surface area contributed by atoms with Crippen molar-refractivity contribution in [2.75, 3.05) is 40.3 Å². The van der Waals surface area contributed by atoms with Crippen LogP contribution in [0.1, 0.15) is 37.2 Å². The van der Waals surface area contributed by atoms with Gasteiger partial charge in [0.25, 0.3) is 0 Å². The monoisotopic (exact) mass is 358 g/mol. The van der Waals surface area contributed by atoms with Gasteiger partial charge in [0, 0.05) is 46.1 Å². The Labute approximate surface area is 156 Å². The topological polar surface area (TPSA) is 66.0 Å². The second kappa shape index (κ2) is 8.92. The zero-order valence-electron chi connectivity index (χ0n) is 15.8. The maximum atomic E-state index is 11.6. The van der Waals surface area contributed by atoms with E-state index in [1.807, 2.05) is 19.2 Å². The molecule has 0 saturated carbocycles. The molecule has 2 heterocycles. The molecule has 1 amide bonds. The lowest BCUT2D eigenvalue weighted by Crippen LogP contribution is -2.47. The summed E-state index contributed by atoms with van der Waals surface area (Å²) in [7, 11) is 3.55. The van der Waals surface area contributed by atoms with E-state index in [9.17, 15) is 4.79 Å². The van der Waals surface area contributed by atoms with Crippen molar-refractivity contribution in [3.63, 3.8) is 0 Å². The highest BCUT2D eigenvalue weighted by Gasteiger charge is 2.25. The summed E-state index contributed by atoms with van der Waals surface area (Å²) in [6.07, 6.45) is 3.73. The quantitative estimate of drug-likeness (QED) is 0.638. The fraction of sp³-hybridized carbons (Fsp3) is 0.600. The number of likely N-dealkylation sites (tertiary alicyclic amines) is 1. The van der Waals surface area contributed by atoms with Gasteiger partial charge in [-0.25, -0.2) is 0 Å². The summed E-state index contributed by atoms with van der Waals surface area (Å²) in [4.78, 5) is 18.3. The molecule has 1 saturated heterocycles. The van der Waals surface area contributed by atoms with Gasteiger partial charge in [-0.3, -0.25) is 9.79 Å². The molecule has 2 aliphatic rings. The molecule has 0 aliphatic carbocycles. The average Bonchev–Trinajstić information content (AvgIpc) is 2.69. The number of carbonyl (C=O) groups is 1. The molecule has 1 aromatic rings. The van der Waals surface area contributed by atoms with Gasteiger partial charge < -0.3 is 20.3 Å². The number of rotatable bonds is 4. The normalized spacial score (nSPS) is 20.9. The van der Waals surface area contributed by atoms with Crippen LogP contribution < -0.4 is 15.4 Å². The molecule has 3 rings (SSSR count). The minimum absolute atomic E-state index is 0.143. The van der Waals surface area contributed by atoms with Crippen molar-refractivity contribution in [1.82, 2.24) is 15.5 Å². The highest BCUT2D eigenvalue weighted by molar-refractivity contribution is 5.80. The molecule has 6 nitrogen and oxygen atoms in total. The number of aliphatic imine (C=N–C) groups is 1. The first-order valence-corrected chi connectivity index (χ1v) is 9.59. The minimum Gasteiger partial charge on any atom is -0.493 e. The Morgan fingerprint density at radius 3 is 2.77 bits per heavy atom. The van der Waals surface area contributed by atoms with Crippen LogP contribution in [0.3, 0.4) is 0 Å². The first-order valence-electron chi connectivity index (χ1n) is 9.59. The van der Waals surface area contributed by atoms with E-state index in [0.717, 1.165) is 57.2 Å². The highest BCUT2D eigenvalue weighted by Crippen LogP contribution is 2.32. The van der Waals surface area contributed by atoms with Gasteiger partial charge in [0.05, 0.1) is 6.61 Å². The molecule has 2 N–H and O–H groups in total. The van der Waals surface area contributed by atoms with Gasteiger partial charge in [-0.1, -0.05) is 18.2 Å².